The zero-order chi connectivity index (χ0) is 21.2. The predicted molar refractivity (Wildman–Crippen MR) is 120 cm³/mol. The molecule has 156 valence electrons. The Kier molecular flexibility index (Phi) is 7.60. The van der Waals surface area contributed by atoms with Crippen LogP contribution in [0.3, 0.4) is 0 Å². The number of hydrogen-bond donors (Lipinski definition) is 3. The first-order valence-electron chi connectivity index (χ1n) is 9.99. The Morgan fingerprint density at radius 1 is 1.03 bits per heavy atom. The monoisotopic (exact) mass is 404 g/mol. The predicted octanol–water partition coefficient (Wildman–Crippen LogP) is 2.80. The Bertz CT molecular complexity index is 964. The van der Waals surface area contributed by atoms with Crippen LogP contribution >= 0.6 is 0 Å². The van der Waals surface area contributed by atoms with Gasteiger partial charge in [0.25, 0.3) is 0 Å². The lowest BCUT2D eigenvalue weighted by Crippen LogP contribution is -2.38. The number of benzene rings is 2. The van der Waals surface area contributed by atoms with Crippen LogP contribution in [0.4, 0.5) is 5.69 Å². The average molecular weight is 405 g/mol. The molecule has 0 aliphatic heterocycles. The van der Waals surface area contributed by atoms with E-state index in [1.807, 2.05) is 53.3 Å². The van der Waals surface area contributed by atoms with Crippen molar-refractivity contribution in [1.82, 2.24) is 20.4 Å². The molecule has 3 aromatic rings. The van der Waals surface area contributed by atoms with E-state index in [1.165, 1.54) is 23.6 Å². The summed E-state index contributed by atoms with van der Waals surface area (Å²) in [5.41, 5.74) is 4.44. The minimum Gasteiger partial charge on any atom is -0.356 e. The Hall–Kier alpha value is -3.61. The highest BCUT2D eigenvalue weighted by Crippen LogP contribution is 2.11. The van der Waals surface area contributed by atoms with Gasteiger partial charge in [0.1, 0.15) is 0 Å². The molecule has 0 fully saturated rings. The molecule has 0 saturated heterocycles. The maximum atomic E-state index is 11.1. The number of amides is 1. The van der Waals surface area contributed by atoms with Crippen molar-refractivity contribution in [3.63, 3.8) is 0 Å². The van der Waals surface area contributed by atoms with Gasteiger partial charge in [-0.2, -0.15) is 5.10 Å². The summed E-state index contributed by atoms with van der Waals surface area (Å²) in [5, 5.41) is 13.8. The molecule has 0 bridgehead atoms. The van der Waals surface area contributed by atoms with Crippen molar-refractivity contribution >= 4 is 17.6 Å². The lowest BCUT2D eigenvalue weighted by Gasteiger charge is -2.14. The van der Waals surface area contributed by atoms with Gasteiger partial charge in [-0.1, -0.05) is 36.4 Å². The van der Waals surface area contributed by atoms with E-state index in [1.54, 1.807) is 13.2 Å². The maximum Gasteiger partial charge on any atom is 0.221 e. The summed E-state index contributed by atoms with van der Waals surface area (Å²) in [6.45, 7) is 3.69. The van der Waals surface area contributed by atoms with Crippen molar-refractivity contribution < 1.29 is 4.79 Å². The van der Waals surface area contributed by atoms with E-state index in [2.05, 4.69) is 38.2 Å². The minimum absolute atomic E-state index is 0.0644. The Morgan fingerprint density at radius 3 is 2.47 bits per heavy atom. The van der Waals surface area contributed by atoms with Gasteiger partial charge in [-0.3, -0.25) is 14.5 Å². The normalized spacial score (nSPS) is 11.2. The van der Waals surface area contributed by atoms with Crippen LogP contribution in [0.1, 0.15) is 23.6 Å². The van der Waals surface area contributed by atoms with Crippen molar-refractivity contribution in [2.45, 2.75) is 26.4 Å². The van der Waals surface area contributed by atoms with Crippen LogP contribution in [0.2, 0.25) is 0 Å². The highest BCUT2D eigenvalue weighted by atomic mass is 16.1. The standard InChI is InChI=1S/C23H28N6O/c1-18(30)28-22-10-8-19(9-11-22)12-14-25-23(24-2)26-16-20-6-3-4-7-21(20)17-29-15-5-13-27-29/h3-11,13,15H,12,14,16-17H2,1-2H3,(H,28,30)(H2,24,25,26). The number of aliphatic imine (C=N–C) groups is 1. The molecule has 2 aromatic carbocycles. The van der Waals surface area contributed by atoms with E-state index in [9.17, 15) is 4.79 Å². The van der Waals surface area contributed by atoms with Crippen molar-refractivity contribution in [3.8, 4) is 0 Å². The van der Waals surface area contributed by atoms with Gasteiger partial charge < -0.3 is 16.0 Å². The van der Waals surface area contributed by atoms with Crippen LogP contribution in [0.5, 0.6) is 0 Å². The molecule has 0 radical (unpaired) electrons. The van der Waals surface area contributed by atoms with Gasteiger partial charge >= 0.3 is 0 Å². The maximum absolute atomic E-state index is 11.1. The molecular formula is C23H28N6O. The van der Waals surface area contributed by atoms with E-state index >= 15 is 0 Å². The third-order valence-corrected chi connectivity index (χ3v) is 4.66. The minimum atomic E-state index is -0.0644. The average Bonchev–Trinajstić information content (AvgIpc) is 3.25. The molecule has 3 N–H and O–H groups in total. The van der Waals surface area contributed by atoms with Crippen molar-refractivity contribution in [3.05, 3.63) is 83.7 Å². The van der Waals surface area contributed by atoms with Crippen molar-refractivity contribution in [2.75, 3.05) is 18.9 Å². The van der Waals surface area contributed by atoms with Gasteiger partial charge in [-0.25, -0.2) is 0 Å². The van der Waals surface area contributed by atoms with Gasteiger partial charge in [0.05, 0.1) is 6.54 Å². The van der Waals surface area contributed by atoms with Crippen LogP contribution in [-0.4, -0.2) is 35.2 Å². The zero-order valence-electron chi connectivity index (χ0n) is 17.4. The summed E-state index contributed by atoms with van der Waals surface area (Å²) in [4.78, 5) is 15.4. The number of carbonyl (C=O) groups is 1. The molecule has 7 nitrogen and oxygen atoms in total. The Balaban J connectivity index is 1.48. The second-order valence-corrected chi connectivity index (χ2v) is 6.95. The van der Waals surface area contributed by atoms with Crippen LogP contribution < -0.4 is 16.0 Å². The first kappa shape index (κ1) is 21.1. The van der Waals surface area contributed by atoms with Crippen molar-refractivity contribution in [1.29, 1.82) is 0 Å². The fourth-order valence-electron chi connectivity index (χ4n) is 3.14. The molecule has 30 heavy (non-hydrogen) atoms. The second kappa shape index (κ2) is 10.8. The number of anilines is 1. The summed E-state index contributed by atoms with van der Waals surface area (Å²) in [7, 11) is 1.77. The van der Waals surface area contributed by atoms with Gasteiger partial charge in [-0.05, 0) is 41.3 Å². The van der Waals surface area contributed by atoms with E-state index in [0.717, 1.165) is 31.2 Å². The first-order valence-corrected chi connectivity index (χ1v) is 9.99. The molecule has 0 aliphatic carbocycles. The summed E-state index contributed by atoms with van der Waals surface area (Å²) in [5.74, 6) is 0.698. The molecular weight excluding hydrogens is 376 g/mol. The van der Waals surface area contributed by atoms with Crippen LogP contribution in [0.15, 0.2) is 72.0 Å². The van der Waals surface area contributed by atoms with Crippen molar-refractivity contribution in [2.24, 2.45) is 4.99 Å². The fourth-order valence-corrected chi connectivity index (χ4v) is 3.14. The SMILES string of the molecule is CN=C(NCCc1ccc(NC(C)=O)cc1)NCc1ccccc1Cn1cccn1. The van der Waals surface area contributed by atoms with Crippen LogP contribution in [0, 0.1) is 0 Å². The molecule has 7 heteroatoms. The van der Waals surface area contributed by atoms with E-state index in [-0.39, 0.29) is 5.91 Å². The van der Waals surface area contributed by atoms with Crippen LogP contribution in [-0.2, 0) is 24.3 Å². The van der Waals surface area contributed by atoms with Gasteiger partial charge in [0.2, 0.25) is 5.91 Å². The number of hydrogen-bond acceptors (Lipinski definition) is 3. The highest BCUT2D eigenvalue weighted by Gasteiger charge is 2.05. The highest BCUT2D eigenvalue weighted by molar-refractivity contribution is 5.88. The molecule has 1 aromatic heterocycles. The van der Waals surface area contributed by atoms with Crippen LogP contribution in [0.25, 0.3) is 0 Å². The van der Waals surface area contributed by atoms with Gasteiger partial charge in [0, 0.05) is 45.1 Å². The van der Waals surface area contributed by atoms with Gasteiger partial charge in [-0.15, -0.1) is 0 Å². The number of aromatic nitrogens is 2. The van der Waals surface area contributed by atoms with E-state index in [4.69, 9.17) is 0 Å². The number of rotatable bonds is 8. The quantitative estimate of drug-likeness (QED) is 0.398. The molecule has 1 heterocycles. The second-order valence-electron chi connectivity index (χ2n) is 6.95. The van der Waals surface area contributed by atoms with Gasteiger partial charge in [0.15, 0.2) is 5.96 Å². The number of nitrogens with one attached hydrogen (secondary N) is 3. The topological polar surface area (TPSA) is 83.3 Å². The molecule has 0 aliphatic rings. The zero-order valence-corrected chi connectivity index (χ0v) is 17.4. The summed E-state index contributed by atoms with van der Waals surface area (Å²) < 4.78 is 1.92. The largest absolute Gasteiger partial charge is 0.356 e. The third-order valence-electron chi connectivity index (χ3n) is 4.66. The Morgan fingerprint density at radius 2 is 1.80 bits per heavy atom. The summed E-state index contributed by atoms with van der Waals surface area (Å²) in [6.07, 6.45) is 4.62. The fraction of sp³-hybridized carbons (Fsp3) is 0.261. The lowest BCUT2D eigenvalue weighted by molar-refractivity contribution is -0.114. The molecule has 0 atom stereocenters. The molecule has 0 saturated carbocycles. The molecule has 1 amide bonds. The third kappa shape index (κ3) is 6.48. The first-order chi connectivity index (χ1) is 14.6. The lowest BCUT2D eigenvalue weighted by atomic mass is 10.1. The number of guanidine groups is 1. The summed E-state index contributed by atoms with van der Waals surface area (Å²) in [6, 6.07) is 18.1. The molecule has 3 rings (SSSR count). The van der Waals surface area contributed by atoms with E-state index < -0.39 is 0 Å². The Labute approximate surface area is 177 Å². The number of nitrogens with zero attached hydrogens (tertiary/aromatic N) is 3. The summed E-state index contributed by atoms with van der Waals surface area (Å²) >= 11 is 0. The van der Waals surface area contributed by atoms with E-state index in [0.29, 0.717) is 6.54 Å². The smallest absolute Gasteiger partial charge is 0.221 e. The molecule has 0 spiro atoms. The molecule has 0 unspecified atom stereocenters. The number of carbonyl (C=O) groups excluding carboxylic acids is 1.